The summed E-state index contributed by atoms with van der Waals surface area (Å²) in [6, 6.07) is 18.1. The van der Waals surface area contributed by atoms with Gasteiger partial charge in [0.15, 0.2) is 5.78 Å². The molecular weight excluding hydrogens is 446 g/mol. The third kappa shape index (κ3) is 8.59. The normalized spacial score (nSPS) is 12.5. The van der Waals surface area contributed by atoms with Gasteiger partial charge in [0.2, 0.25) is 10.0 Å². The second-order valence-corrected chi connectivity index (χ2v) is 10.1. The van der Waals surface area contributed by atoms with Crippen LogP contribution >= 0.6 is 0 Å². The number of hydrogen-bond donors (Lipinski definition) is 1. The molecule has 0 radical (unpaired) electrons. The molecule has 0 fully saturated rings. The Balaban J connectivity index is 2.27. The van der Waals surface area contributed by atoms with E-state index in [9.17, 15) is 13.2 Å². The van der Waals surface area contributed by atoms with Crippen LogP contribution in [-0.2, 0) is 21.2 Å². The smallest absolute Gasteiger partial charge is 0.211 e. The molecule has 2 aromatic rings. The van der Waals surface area contributed by atoms with Gasteiger partial charge in [-0.05, 0) is 66.3 Å². The number of allylic oxidation sites excluding steroid dienone is 1. The predicted octanol–water partition coefficient (Wildman–Crippen LogP) is 4.76. The summed E-state index contributed by atoms with van der Waals surface area (Å²) < 4.78 is 27.6. The minimum atomic E-state index is -3.48. The molecule has 0 aromatic heterocycles. The summed E-state index contributed by atoms with van der Waals surface area (Å²) in [5, 5.41) is 18.0. The Bertz CT molecular complexity index is 1170. The fraction of sp³-hybridized carbons (Fsp3) is 0.370. The Hall–Kier alpha value is -3.26. The molecule has 6 nitrogen and oxygen atoms in total. The van der Waals surface area contributed by atoms with Gasteiger partial charge in [0.1, 0.15) is 0 Å². The molecule has 2 rings (SSSR count). The van der Waals surface area contributed by atoms with Crippen molar-refractivity contribution in [2.75, 3.05) is 12.3 Å². The monoisotopic (exact) mass is 477 g/mol. The van der Waals surface area contributed by atoms with Crippen molar-refractivity contribution in [1.29, 1.82) is 10.5 Å². The van der Waals surface area contributed by atoms with Gasteiger partial charge in [-0.1, -0.05) is 51.0 Å². The molecule has 0 heterocycles. The van der Waals surface area contributed by atoms with Gasteiger partial charge in [0.05, 0.1) is 29.0 Å². The van der Waals surface area contributed by atoms with E-state index in [1.807, 2.05) is 13.8 Å². The molecule has 2 aromatic carbocycles. The molecule has 0 saturated heterocycles. The summed E-state index contributed by atoms with van der Waals surface area (Å²) >= 11 is 0. The van der Waals surface area contributed by atoms with E-state index < -0.39 is 15.9 Å². The number of carbonyl (C=O) groups excluding carboxylic acids is 1. The van der Waals surface area contributed by atoms with Crippen molar-refractivity contribution in [1.82, 2.24) is 4.72 Å². The van der Waals surface area contributed by atoms with Crippen LogP contribution in [0.25, 0.3) is 6.08 Å². The Kier molecular flexibility index (Phi) is 10.7. The first-order valence-corrected chi connectivity index (χ1v) is 13.2. The highest BCUT2D eigenvalue weighted by Gasteiger charge is 2.24. The van der Waals surface area contributed by atoms with Crippen molar-refractivity contribution in [3.63, 3.8) is 0 Å². The fourth-order valence-corrected chi connectivity index (χ4v) is 4.75. The largest absolute Gasteiger partial charge is 0.294 e. The summed E-state index contributed by atoms with van der Waals surface area (Å²) in [4.78, 5) is 13.5. The Labute approximate surface area is 203 Å². The minimum absolute atomic E-state index is 0.0119. The molecule has 178 valence electrons. The van der Waals surface area contributed by atoms with E-state index in [-0.39, 0.29) is 18.1 Å². The second-order valence-electron chi connectivity index (χ2n) is 8.21. The molecule has 0 saturated carbocycles. The maximum Gasteiger partial charge on any atom is 0.211 e. The average Bonchev–Trinajstić information content (AvgIpc) is 2.85. The van der Waals surface area contributed by atoms with E-state index in [1.165, 1.54) is 0 Å². The number of benzene rings is 2. The minimum Gasteiger partial charge on any atom is -0.294 e. The summed E-state index contributed by atoms with van der Waals surface area (Å²) in [6.07, 6.45) is 4.99. The van der Waals surface area contributed by atoms with Crippen LogP contribution in [0.3, 0.4) is 0 Å². The lowest BCUT2D eigenvalue weighted by Crippen LogP contribution is -2.36. The van der Waals surface area contributed by atoms with E-state index in [1.54, 1.807) is 54.6 Å². The number of nitriles is 2. The zero-order chi connectivity index (χ0) is 25.0. The van der Waals surface area contributed by atoms with Crippen LogP contribution in [0.1, 0.15) is 61.8 Å². The van der Waals surface area contributed by atoms with Crippen molar-refractivity contribution in [2.45, 2.75) is 46.0 Å². The summed E-state index contributed by atoms with van der Waals surface area (Å²) in [5.41, 5.74) is 3.32. The van der Waals surface area contributed by atoms with E-state index in [0.29, 0.717) is 36.0 Å². The molecule has 1 atom stereocenters. The van der Waals surface area contributed by atoms with Crippen molar-refractivity contribution in [3.8, 4) is 12.1 Å². The molecule has 0 bridgehead atoms. The van der Waals surface area contributed by atoms with Gasteiger partial charge in [-0.3, -0.25) is 4.79 Å². The van der Waals surface area contributed by atoms with E-state index in [0.717, 1.165) is 24.0 Å². The highest BCUT2D eigenvalue weighted by Crippen LogP contribution is 2.20. The zero-order valence-corrected chi connectivity index (χ0v) is 20.6. The van der Waals surface area contributed by atoms with Crippen LogP contribution in [0.15, 0.2) is 54.1 Å². The SMILES string of the molecule is CCCCCS(=O)(=O)NCC(Cc1ccc(C#N)cc1)C(=O)/C(=C/c1ccc(C#N)cc1)CC. The summed E-state index contributed by atoms with van der Waals surface area (Å²) in [5.74, 6) is -0.661. The number of sulfonamides is 1. The van der Waals surface area contributed by atoms with Gasteiger partial charge in [0.25, 0.3) is 0 Å². The van der Waals surface area contributed by atoms with E-state index in [4.69, 9.17) is 10.5 Å². The van der Waals surface area contributed by atoms with Crippen molar-refractivity contribution in [2.24, 2.45) is 5.92 Å². The molecule has 0 spiro atoms. The van der Waals surface area contributed by atoms with Gasteiger partial charge in [-0.25, -0.2) is 13.1 Å². The first-order valence-electron chi connectivity index (χ1n) is 11.5. The van der Waals surface area contributed by atoms with Crippen molar-refractivity contribution >= 4 is 21.9 Å². The van der Waals surface area contributed by atoms with Crippen LogP contribution in [0, 0.1) is 28.6 Å². The van der Waals surface area contributed by atoms with Crippen LogP contribution in [0.2, 0.25) is 0 Å². The lowest BCUT2D eigenvalue weighted by atomic mass is 9.89. The van der Waals surface area contributed by atoms with E-state index in [2.05, 4.69) is 16.9 Å². The Morgan fingerprint density at radius 2 is 1.56 bits per heavy atom. The standard InChI is InChI=1S/C27H31N3O3S/c1-3-5-6-15-34(32,33)30-20-26(17-22-9-13-24(19-29)14-10-22)27(31)25(4-2)16-21-7-11-23(18-28)12-8-21/h7-14,16,26,30H,3-6,15,17,20H2,1-2H3/b25-16+. The van der Waals surface area contributed by atoms with Gasteiger partial charge in [-0.2, -0.15) is 10.5 Å². The highest BCUT2D eigenvalue weighted by atomic mass is 32.2. The number of unbranched alkanes of at least 4 members (excludes halogenated alkanes) is 2. The lowest BCUT2D eigenvalue weighted by Gasteiger charge is -2.19. The molecular formula is C27H31N3O3S. The third-order valence-electron chi connectivity index (χ3n) is 5.58. The van der Waals surface area contributed by atoms with Crippen LogP contribution in [0.5, 0.6) is 0 Å². The fourth-order valence-electron chi connectivity index (χ4n) is 3.56. The van der Waals surface area contributed by atoms with Crippen molar-refractivity contribution < 1.29 is 13.2 Å². The molecule has 34 heavy (non-hydrogen) atoms. The first kappa shape index (κ1) is 27.0. The highest BCUT2D eigenvalue weighted by molar-refractivity contribution is 7.89. The Morgan fingerprint density at radius 1 is 0.971 bits per heavy atom. The molecule has 0 aliphatic heterocycles. The number of nitrogens with one attached hydrogen (secondary N) is 1. The van der Waals surface area contributed by atoms with Crippen LogP contribution in [0.4, 0.5) is 0 Å². The summed E-state index contributed by atoms with van der Waals surface area (Å²) in [7, 11) is -3.48. The number of rotatable bonds is 13. The van der Waals surface area contributed by atoms with Crippen LogP contribution in [-0.4, -0.2) is 26.5 Å². The molecule has 0 aliphatic rings. The number of nitrogens with zero attached hydrogens (tertiary/aromatic N) is 2. The van der Waals surface area contributed by atoms with Gasteiger partial charge in [-0.15, -0.1) is 0 Å². The van der Waals surface area contributed by atoms with Gasteiger partial charge >= 0.3 is 0 Å². The third-order valence-corrected chi connectivity index (χ3v) is 7.01. The predicted molar refractivity (Wildman–Crippen MR) is 134 cm³/mol. The Morgan fingerprint density at radius 3 is 2.09 bits per heavy atom. The van der Waals surface area contributed by atoms with E-state index >= 15 is 0 Å². The number of hydrogen-bond acceptors (Lipinski definition) is 5. The van der Waals surface area contributed by atoms with Gasteiger partial charge < -0.3 is 0 Å². The quantitative estimate of drug-likeness (QED) is 0.330. The zero-order valence-electron chi connectivity index (χ0n) is 19.8. The molecule has 1 N–H and O–H groups in total. The van der Waals surface area contributed by atoms with Crippen molar-refractivity contribution in [3.05, 3.63) is 76.4 Å². The molecule has 7 heteroatoms. The maximum absolute atomic E-state index is 13.5. The number of ketones is 1. The molecule has 1 unspecified atom stereocenters. The maximum atomic E-state index is 13.5. The lowest BCUT2D eigenvalue weighted by molar-refractivity contribution is -0.119. The summed E-state index contributed by atoms with van der Waals surface area (Å²) in [6.45, 7) is 3.91. The number of Topliss-reactive ketones (excluding diaryl/α,β-unsaturated/α-hetero) is 1. The number of carbonyl (C=O) groups is 1. The van der Waals surface area contributed by atoms with Gasteiger partial charge in [0, 0.05) is 12.5 Å². The average molecular weight is 478 g/mol. The first-order chi connectivity index (χ1) is 16.3. The van der Waals surface area contributed by atoms with Crippen LogP contribution < -0.4 is 4.72 Å². The molecule has 0 aliphatic carbocycles. The topological polar surface area (TPSA) is 111 Å². The second kappa shape index (κ2) is 13.4. The molecule has 0 amide bonds.